The molecule has 114 valence electrons. The molecule has 0 radical (unpaired) electrons. The first kappa shape index (κ1) is 15.1. The van der Waals surface area contributed by atoms with Gasteiger partial charge in [-0.05, 0) is 26.0 Å². The molecule has 1 aromatic heterocycles. The fourth-order valence-electron chi connectivity index (χ4n) is 2.11. The third kappa shape index (κ3) is 3.08. The standard InChI is InChI=1S/C14H19N3O4/c1-9(2)17(6-7-18)13(19)15-10-4-5-11-12(8-10)21-14(20)16(11)3/h4-5,8-9,18H,6-7H2,1-3H3,(H,15,19). The third-order valence-corrected chi connectivity index (χ3v) is 3.27. The number of oxazole rings is 1. The van der Waals surface area contributed by atoms with Gasteiger partial charge in [-0.1, -0.05) is 0 Å². The van der Waals surface area contributed by atoms with E-state index in [2.05, 4.69) is 5.32 Å². The Kier molecular flexibility index (Phi) is 4.32. The fraction of sp³-hybridized carbons (Fsp3) is 0.429. The molecule has 0 aliphatic rings. The van der Waals surface area contributed by atoms with Gasteiger partial charge in [0.2, 0.25) is 0 Å². The van der Waals surface area contributed by atoms with Crippen LogP contribution in [0.3, 0.4) is 0 Å². The minimum absolute atomic E-state index is 0.0319. The topological polar surface area (TPSA) is 87.7 Å². The Morgan fingerprint density at radius 1 is 1.48 bits per heavy atom. The van der Waals surface area contributed by atoms with Crippen LogP contribution in [0.5, 0.6) is 0 Å². The van der Waals surface area contributed by atoms with Crippen molar-refractivity contribution in [3.05, 3.63) is 28.7 Å². The first-order valence-corrected chi connectivity index (χ1v) is 6.72. The molecule has 0 saturated carbocycles. The Labute approximate surface area is 121 Å². The summed E-state index contributed by atoms with van der Waals surface area (Å²) in [6.07, 6.45) is 0. The summed E-state index contributed by atoms with van der Waals surface area (Å²) in [4.78, 5) is 25.1. The van der Waals surface area contributed by atoms with Crippen LogP contribution in [0.25, 0.3) is 11.1 Å². The molecule has 0 bridgehead atoms. The van der Waals surface area contributed by atoms with Crippen LogP contribution in [0.1, 0.15) is 13.8 Å². The number of fused-ring (bicyclic) bond motifs is 1. The number of carbonyl (C=O) groups is 1. The quantitative estimate of drug-likeness (QED) is 0.891. The third-order valence-electron chi connectivity index (χ3n) is 3.27. The van der Waals surface area contributed by atoms with Crippen molar-refractivity contribution in [1.29, 1.82) is 0 Å². The number of nitrogens with zero attached hydrogens (tertiary/aromatic N) is 2. The molecule has 7 nitrogen and oxygen atoms in total. The van der Waals surface area contributed by atoms with Crippen LogP contribution >= 0.6 is 0 Å². The maximum Gasteiger partial charge on any atom is 0.419 e. The SMILES string of the molecule is CC(C)N(CCO)C(=O)Nc1ccc2c(c1)oc(=O)n2C. The van der Waals surface area contributed by atoms with Crippen molar-refractivity contribution in [2.45, 2.75) is 19.9 Å². The molecule has 2 aromatic rings. The van der Waals surface area contributed by atoms with Gasteiger partial charge < -0.3 is 19.7 Å². The Morgan fingerprint density at radius 2 is 2.19 bits per heavy atom. The van der Waals surface area contributed by atoms with Gasteiger partial charge in [0.1, 0.15) is 0 Å². The van der Waals surface area contributed by atoms with Crippen molar-refractivity contribution in [2.24, 2.45) is 7.05 Å². The van der Waals surface area contributed by atoms with E-state index in [0.717, 1.165) is 0 Å². The zero-order chi connectivity index (χ0) is 15.6. The van der Waals surface area contributed by atoms with Gasteiger partial charge in [0.05, 0.1) is 12.1 Å². The first-order chi connectivity index (χ1) is 9.93. The highest BCUT2D eigenvalue weighted by atomic mass is 16.4. The van der Waals surface area contributed by atoms with Crippen LogP contribution in [-0.4, -0.2) is 39.8 Å². The lowest BCUT2D eigenvalue weighted by Gasteiger charge is -2.26. The predicted molar refractivity (Wildman–Crippen MR) is 79.4 cm³/mol. The highest BCUT2D eigenvalue weighted by molar-refractivity contribution is 5.91. The van der Waals surface area contributed by atoms with Gasteiger partial charge in [0, 0.05) is 31.4 Å². The first-order valence-electron chi connectivity index (χ1n) is 6.72. The van der Waals surface area contributed by atoms with Crippen LogP contribution in [-0.2, 0) is 7.05 Å². The molecule has 0 spiro atoms. The summed E-state index contributed by atoms with van der Waals surface area (Å²) in [6, 6.07) is 4.67. The number of hydrogen-bond acceptors (Lipinski definition) is 4. The van der Waals surface area contributed by atoms with E-state index < -0.39 is 5.76 Å². The fourth-order valence-corrected chi connectivity index (χ4v) is 2.11. The molecule has 0 atom stereocenters. The average molecular weight is 293 g/mol. The lowest BCUT2D eigenvalue weighted by atomic mass is 10.3. The second kappa shape index (κ2) is 6.01. The van der Waals surface area contributed by atoms with Gasteiger partial charge in [-0.15, -0.1) is 0 Å². The number of aromatic nitrogens is 1. The van der Waals surface area contributed by atoms with E-state index in [0.29, 0.717) is 16.8 Å². The molecule has 0 saturated heterocycles. The minimum atomic E-state index is -0.447. The number of aliphatic hydroxyl groups excluding tert-OH is 1. The van der Waals surface area contributed by atoms with Crippen molar-refractivity contribution in [3.8, 4) is 0 Å². The van der Waals surface area contributed by atoms with Crippen LogP contribution in [0.4, 0.5) is 10.5 Å². The molecule has 1 heterocycles. The summed E-state index contributed by atoms with van der Waals surface area (Å²) in [5, 5.41) is 11.7. The maximum atomic E-state index is 12.2. The van der Waals surface area contributed by atoms with E-state index in [1.54, 1.807) is 25.2 Å². The van der Waals surface area contributed by atoms with Crippen LogP contribution in [0, 0.1) is 0 Å². The lowest BCUT2D eigenvalue weighted by molar-refractivity contribution is 0.172. The second-order valence-corrected chi connectivity index (χ2v) is 5.05. The largest absolute Gasteiger partial charge is 0.419 e. The summed E-state index contributed by atoms with van der Waals surface area (Å²) < 4.78 is 6.47. The molecule has 0 aliphatic heterocycles. The number of rotatable bonds is 4. The van der Waals surface area contributed by atoms with Gasteiger partial charge >= 0.3 is 11.8 Å². The summed E-state index contributed by atoms with van der Waals surface area (Å²) >= 11 is 0. The Bertz CT molecular complexity index is 702. The highest BCUT2D eigenvalue weighted by Crippen LogP contribution is 2.18. The smallest absolute Gasteiger partial charge is 0.408 e. The van der Waals surface area contributed by atoms with Gasteiger partial charge in [-0.25, -0.2) is 9.59 Å². The second-order valence-electron chi connectivity index (χ2n) is 5.05. The molecule has 2 rings (SSSR count). The molecular formula is C14H19N3O4. The van der Waals surface area contributed by atoms with Gasteiger partial charge in [0.15, 0.2) is 5.58 Å². The molecule has 0 aliphatic carbocycles. The molecule has 0 unspecified atom stereocenters. The van der Waals surface area contributed by atoms with Crippen LogP contribution in [0.2, 0.25) is 0 Å². The zero-order valence-corrected chi connectivity index (χ0v) is 12.3. The number of amides is 2. The molecule has 0 fully saturated rings. The summed E-state index contributed by atoms with van der Waals surface area (Å²) in [5.41, 5.74) is 1.61. The number of anilines is 1. The normalized spacial score (nSPS) is 11.1. The maximum absolute atomic E-state index is 12.2. The summed E-state index contributed by atoms with van der Waals surface area (Å²) in [6.45, 7) is 3.90. The van der Waals surface area contributed by atoms with Gasteiger partial charge in [0.25, 0.3) is 0 Å². The van der Waals surface area contributed by atoms with Crippen molar-refractivity contribution in [3.63, 3.8) is 0 Å². The van der Waals surface area contributed by atoms with Crippen molar-refractivity contribution < 1.29 is 14.3 Å². The minimum Gasteiger partial charge on any atom is -0.408 e. The number of urea groups is 1. The van der Waals surface area contributed by atoms with E-state index in [4.69, 9.17) is 9.52 Å². The Hall–Kier alpha value is -2.28. The van der Waals surface area contributed by atoms with E-state index >= 15 is 0 Å². The Morgan fingerprint density at radius 3 is 2.81 bits per heavy atom. The van der Waals surface area contributed by atoms with Crippen molar-refractivity contribution in [1.82, 2.24) is 9.47 Å². The predicted octanol–water partition coefficient (Wildman–Crippen LogP) is 1.37. The van der Waals surface area contributed by atoms with E-state index in [-0.39, 0.29) is 25.2 Å². The molecule has 2 amide bonds. The van der Waals surface area contributed by atoms with Gasteiger partial charge in [-0.2, -0.15) is 0 Å². The van der Waals surface area contributed by atoms with Crippen LogP contribution in [0.15, 0.2) is 27.4 Å². The molecular weight excluding hydrogens is 274 g/mol. The average Bonchev–Trinajstić information content (AvgIpc) is 2.70. The number of benzene rings is 1. The molecule has 21 heavy (non-hydrogen) atoms. The Balaban J connectivity index is 2.23. The van der Waals surface area contributed by atoms with Crippen molar-refractivity contribution in [2.75, 3.05) is 18.5 Å². The lowest BCUT2D eigenvalue weighted by Crippen LogP contribution is -2.41. The highest BCUT2D eigenvalue weighted by Gasteiger charge is 2.17. The molecule has 2 N–H and O–H groups in total. The van der Waals surface area contributed by atoms with E-state index in [1.807, 2.05) is 13.8 Å². The summed E-state index contributed by atoms with van der Waals surface area (Å²) in [7, 11) is 1.62. The monoisotopic (exact) mass is 293 g/mol. The molecule has 1 aromatic carbocycles. The van der Waals surface area contributed by atoms with E-state index in [9.17, 15) is 9.59 Å². The number of carbonyl (C=O) groups excluding carboxylic acids is 1. The van der Waals surface area contributed by atoms with Crippen LogP contribution < -0.4 is 11.1 Å². The van der Waals surface area contributed by atoms with Gasteiger partial charge in [-0.3, -0.25) is 4.57 Å². The zero-order valence-electron chi connectivity index (χ0n) is 12.3. The number of aliphatic hydroxyl groups is 1. The molecule has 7 heteroatoms. The van der Waals surface area contributed by atoms with Crippen molar-refractivity contribution >= 4 is 22.8 Å². The van der Waals surface area contributed by atoms with E-state index in [1.165, 1.54) is 9.47 Å². The summed E-state index contributed by atoms with van der Waals surface area (Å²) in [5.74, 6) is -0.447. The number of aryl methyl sites for hydroxylation is 1. The number of nitrogens with one attached hydrogen (secondary N) is 1. The number of hydrogen-bond donors (Lipinski definition) is 2.